The maximum atomic E-state index is 12.3. The van der Waals surface area contributed by atoms with Crippen molar-refractivity contribution in [2.75, 3.05) is 12.5 Å². The van der Waals surface area contributed by atoms with Gasteiger partial charge in [0.2, 0.25) is 18.6 Å². The van der Waals surface area contributed by atoms with Crippen LogP contribution in [0.4, 0.5) is 5.82 Å². The summed E-state index contributed by atoms with van der Waals surface area (Å²) in [7, 11) is 0. The van der Waals surface area contributed by atoms with Gasteiger partial charge in [-0.2, -0.15) is 0 Å². The number of benzene rings is 1. The molecule has 0 saturated carbocycles. The highest BCUT2D eigenvalue weighted by molar-refractivity contribution is 7.99. The van der Waals surface area contributed by atoms with Crippen molar-refractivity contribution in [1.29, 1.82) is 0 Å². The monoisotopic (exact) mass is 467 g/mol. The van der Waals surface area contributed by atoms with E-state index < -0.39 is 0 Å². The molecule has 33 heavy (non-hydrogen) atoms. The van der Waals surface area contributed by atoms with Crippen LogP contribution < -0.4 is 20.5 Å². The molecule has 170 valence electrons. The van der Waals surface area contributed by atoms with Crippen molar-refractivity contribution in [3.8, 4) is 23.0 Å². The Morgan fingerprint density at radius 2 is 2.06 bits per heavy atom. The van der Waals surface area contributed by atoms with Gasteiger partial charge in [-0.25, -0.2) is 19.9 Å². The van der Waals surface area contributed by atoms with Crippen molar-refractivity contribution < 1.29 is 18.7 Å². The van der Waals surface area contributed by atoms with Crippen LogP contribution in [0, 0.1) is 0 Å². The van der Waals surface area contributed by atoms with Crippen LogP contribution in [0.5, 0.6) is 11.5 Å². The summed E-state index contributed by atoms with van der Waals surface area (Å²) in [5.74, 6) is 1.88. The summed E-state index contributed by atoms with van der Waals surface area (Å²) < 4.78 is 18.5. The van der Waals surface area contributed by atoms with E-state index in [1.54, 1.807) is 6.20 Å². The molecule has 1 aliphatic heterocycles. The molecule has 0 fully saturated rings. The molecule has 1 amide bonds. The van der Waals surface area contributed by atoms with Crippen molar-refractivity contribution in [3.63, 3.8) is 0 Å². The Kier molecular flexibility index (Phi) is 5.50. The van der Waals surface area contributed by atoms with E-state index in [4.69, 9.17) is 19.6 Å². The van der Waals surface area contributed by atoms with Gasteiger partial charge in [-0.05, 0) is 26.0 Å². The number of anilines is 1. The molecule has 0 aliphatic carbocycles. The molecule has 3 aromatic heterocycles. The smallest absolute Gasteiger partial charge is 0.231 e. The van der Waals surface area contributed by atoms with Gasteiger partial charge in [0.25, 0.3) is 0 Å². The number of aromatic nitrogens is 5. The van der Waals surface area contributed by atoms with Crippen LogP contribution in [-0.2, 0) is 11.3 Å². The third-order valence-corrected chi connectivity index (χ3v) is 5.93. The van der Waals surface area contributed by atoms with E-state index in [1.807, 2.05) is 30.5 Å². The first kappa shape index (κ1) is 21.1. The summed E-state index contributed by atoms with van der Waals surface area (Å²) in [6.07, 6.45) is 4.73. The van der Waals surface area contributed by atoms with Gasteiger partial charge >= 0.3 is 0 Å². The highest BCUT2D eigenvalue weighted by Gasteiger charge is 2.24. The molecule has 4 aromatic rings. The number of aryl methyl sites for hydroxylation is 1. The Hall–Kier alpha value is -3.80. The average molecular weight is 468 g/mol. The lowest BCUT2D eigenvalue weighted by molar-refractivity contribution is -0.121. The normalized spacial score (nSPS) is 12.6. The summed E-state index contributed by atoms with van der Waals surface area (Å²) in [6.45, 7) is 4.35. The molecule has 5 rings (SSSR count). The standard InChI is InChI=1S/C21H21N7O4S/c1-11(2)26-16(29)3-5-28-19-17(18(22)24-9-25-19)27-21(28)33-15-8-14-13(31-10-32-14)7-12(15)20-23-4-6-30-20/h4,6-9,11H,3,5,10H2,1-2H3,(H,26,29)(H2,22,24,25). The van der Waals surface area contributed by atoms with E-state index in [1.165, 1.54) is 24.4 Å². The summed E-state index contributed by atoms with van der Waals surface area (Å²) in [5.41, 5.74) is 7.81. The summed E-state index contributed by atoms with van der Waals surface area (Å²) in [6, 6.07) is 3.74. The predicted molar refractivity (Wildman–Crippen MR) is 120 cm³/mol. The van der Waals surface area contributed by atoms with E-state index in [0.29, 0.717) is 40.3 Å². The minimum Gasteiger partial charge on any atom is -0.454 e. The number of rotatable bonds is 7. The lowest BCUT2D eigenvalue weighted by Gasteiger charge is -2.12. The first-order valence-electron chi connectivity index (χ1n) is 10.3. The number of amides is 1. The van der Waals surface area contributed by atoms with Gasteiger partial charge in [-0.15, -0.1) is 0 Å². The number of nitrogen functional groups attached to an aromatic ring is 1. The molecule has 0 unspecified atom stereocenters. The maximum absolute atomic E-state index is 12.3. The van der Waals surface area contributed by atoms with Gasteiger partial charge in [0.05, 0.1) is 11.8 Å². The molecular weight excluding hydrogens is 446 g/mol. The van der Waals surface area contributed by atoms with Crippen molar-refractivity contribution in [3.05, 3.63) is 30.9 Å². The molecule has 4 heterocycles. The van der Waals surface area contributed by atoms with Crippen molar-refractivity contribution >= 4 is 34.7 Å². The Morgan fingerprint density at radius 1 is 1.24 bits per heavy atom. The number of nitrogens with two attached hydrogens (primary N) is 1. The Morgan fingerprint density at radius 3 is 2.82 bits per heavy atom. The van der Waals surface area contributed by atoms with Crippen LogP contribution in [0.3, 0.4) is 0 Å². The second-order valence-corrected chi connectivity index (χ2v) is 8.60. The van der Waals surface area contributed by atoms with Crippen LogP contribution >= 0.6 is 11.8 Å². The topological polar surface area (TPSA) is 143 Å². The fourth-order valence-corrected chi connectivity index (χ4v) is 4.49. The molecule has 1 aliphatic rings. The summed E-state index contributed by atoms with van der Waals surface area (Å²) >= 11 is 1.37. The van der Waals surface area contributed by atoms with Gasteiger partial charge in [0.15, 0.2) is 33.6 Å². The Balaban J connectivity index is 1.55. The number of carbonyl (C=O) groups is 1. The van der Waals surface area contributed by atoms with E-state index in [0.717, 1.165) is 10.5 Å². The molecule has 0 bridgehead atoms. The second kappa shape index (κ2) is 8.62. The highest BCUT2D eigenvalue weighted by atomic mass is 32.2. The molecule has 0 atom stereocenters. The van der Waals surface area contributed by atoms with Crippen LogP contribution in [-0.4, -0.2) is 43.2 Å². The summed E-state index contributed by atoms with van der Waals surface area (Å²) in [5, 5.41) is 3.50. The fraction of sp³-hybridized carbons (Fsp3) is 0.286. The van der Waals surface area contributed by atoms with Crippen LogP contribution in [0.25, 0.3) is 22.6 Å². The first-order chi connectivity index (χ1) is 16.0. The molecule has 1 aromatic carbocycles. The summed E-state index contributed by atoms with van der Waals surface area (Å²) in [4.78, 5) is 30.5. The maximum Gasteiger partial charge on any atom is 0.231 e. The molecule has 12 heteroatoms. The number of carbonyl (C=O) groups excluding carboxylic acids is 1. The number of nitrogens with one attached hydrogen (secondary N) is 1. The highest BCUT2D eigenvalue weighted by Crippen LogP contribution is 2.44. The van der Waals surface area contributed by atoms with Gasteiger partial charge in [0.1, 0.15) is 12.6 Å². The van der Waals surface area contributed by atoms with Gasteiger partial charge in [-0.3, -0.25) is 4.79 Å². The fourth-order valence-electron chi connectivity index (χ4n) is 3.45. The lowest BCUT2D eigenvalue weighted by Crippen LogP contribution is -2.30. The second-order valence-electron chi connectivity index (χ2n) is 7.59. The minimum atomic E-state index is -0.0617. The number of oxazole rings is 1. The van der Waals surface area contributed by atoms with Crippen LogP contribution in [0.15, 0.2) is 45.4 Å². The average Bonchev–Trinajstić information content (AvgIpc) is 3.52. The third-order valence-electron chi connectivity index (χ3n) is 4.88. The number of hydrogen-bond acceptors (Lipinski definition) is 10. The third kappa shape index (κ3) is 4.16. The number of imidazole rings is 1. The zero-order valence-electron chi connectivity index (χ0n) is 17.9. The number of ether oxygens (including phenoxy) is 2. The minimum absolute atomic E-state index is 0.0563. The van der Waals surface area contributed by atoms with Crippen molar-refractivity contribution in [2.24, 2.45) is 0 Å². The number of fused-ring (bicyclic) bond motifs is 2. The van der Waals surface area contributed by atoms with E-state index >= 15 is 0 Å². The SMILES string of the molecule is CC(C)NC(=O)CCn1c(Sc2cc3c(cc2-c2ncco2)OCO3)nc2c(N)ncnc21. The van der Waals surface area contributed by atoms with Crippen molar-refractivity contribution in [2.45, 2.75) is 42.9 Å². The van der Waals surface area contributed by atoms with Gasteiger partial charge in [0, 0.05) is 23.9 Å². The first-order valence-corrected chi connectivity index (χ1v) is 11.1. The molecule has 0 saturated heterocycles. The Bertz CT molecular complexity index is 1320. The van der Waals surface area contributed by atoms with E-state index in [2.05, 4.69) is 25.3 Å². The lowest BCUT2D eigenvalue weighted by atomic mass is 10.2. The van der Waals surface area contributed by atoms with E-state index in [-0.39, 0.29) is 31.0 Å². The van der Waals surface area contributed by atoms with Gasteiger partial charge < -0.3 is 29.5 Å². The molecule has 0 radical (unpaired) electrons. The molecular formula is C21H21N7O4S. The largest absolute Gasteiger partial charge is 0.454 e. The van der Waals surface area contributed by atoms with Crippen LogP contribution in [0.1, 0.15) is 20.3 Å². The van der Waals surface area contributed by atoms with E-state index in [9.17, 15) is 4.79 Å². The van der Waals surface area contributed by atoms with Gasteiger partial charge in [-0.1, -0.05) is 11.8 Å². The number of hydrogen-bond donors (Lipinski definition) is 2. The van der Waals surface area contributed by atoms with Crippen LogP contribution in [0.2, 0.25) is 0 Å². The predicted octanol–water partition coefficient (Wildman–Crippen LogP) is 2.86. The molecule has 11 nitrogen and oxygen atoms in total. The zero-order valence-corrected chi connectivity index (χ0v) is 18.8. The zero-order chi connectivity index (χ0) is 22.9. The quantitative estimate of drug-likeness (QED) is 0.416. The Labute approximate surface area is 192 Å². The molecule has 3 N–H and O–H groups in total. The van der Waals surface area contributed by atoms with Crippen molar-refractivity contribution in [1.82, 2.24) is 29.8 Å². The number of nitrogens with zero attached hydrogens (tertiary/aromatic N) is 5. The molecule has 0 spiro atoms.